The molecule has 7 nitrogen and oxygen atoms in total. The summed E-state index contributed by atoms with van der Waals surface area (Å²) in [6.45, 7) is 4.96. The molecule has 1 aliphatic heterocycles. The predicted octanol–water partition coefficient (Wildman–Crippen LogP) is 3.38. The van der Waals surface area contributed by atoms with Gasteiger partial charge in [-0.15, -0.1) is 0 Å². The lowest BCUT2D eigenvalue weighted by atomic mass is 9.96. The van der Waals surface area contributed by atoms with Gasteiger partial charge in [-0.25, -0.2) is 9.79 Å². The van der Waals surface area contributed by atoms with Gasteiger partial charge >= 0.3 is 11.9 Å². The number of aromatic nitrogens is 1. The van der Waals surface area contributed by atoms with Crippen LogP contribution in [0.5, 0.6) is 5.75 Å². The lowest BCUT2D eigenvalue weighted by molar-refractivity contribution is -0.139. The molecule has 1 aliphatic rings. The van der Waals surface area contributed by atoms with Crippen LogP contribution in [0.1, 0.15) is 37.9 Å². The van der Waals surface area contributed by atoms with Gasteiger partial charge < -0.3 is 9.47 Å². The number of carbonyl (C=O) groups is 2. The van der Waals surface area contributed by atoms with Crippen LogP contribution in [-0.4, -0.2) is 23.1 Å². The highest BCUT2D eigenvalue weighted by Gasteiger charge is 2.33. The predicted molar refractivity (Wildman–Crippen MR) is 130 cm³/mol. The Labute approximate surface area is 204 Å². The van der Waals surface area contributed by atoms with E-state index < -0.39 is 18.0 Å². The number of ether oxygens (including phenoxy) is 2. The van der Waals surface area contributed by atoms with E-state index in [1.165, 1.54) is 22.8 Å². The second-order valence-corrected chi connectivity index (χ2v) is 8.93. The molecule has 9 heteroatoms. The molecule has 4 rings (SSSR count). The van der Waals surface area contributed by atoms with Crippen molar-refractivity contribution in [3.63, 3.8) is 0 Å². The van der Waals surface area contributed by atoms with Crippen LogP contribution in [0.4, 0.5) is 0 Å². The molecular formula is C25H21ClN2O5S. The molecule has 0 radical (unpaired) electrons. The minimum absolute atomic E-state index is 0.195. The van der Waals surface area contributed by atoms with Gasteiger partial charge in [-0.1, -0.05) is 53.3 Å². The van der Waals surface area contributed by atoms with E-state index in [-0.39, 0.29) is 12.2 Å². The summed E-state index contributed by atoms with van der Waals surface area (Å²) in [5.41, 5.74) is 1.73. The largest absolute Gasteiger partial charge is 0.463 e. The van der Waals surface area contributed by atoms with E-state index in [0.29, 0.717) is 42.5 Å². The molecule has 0 saturated heterocycles. The minimum Gasteiger partial charge on any atom is -0.463 e. The Morgan fingerprint density at radius 1 is 1.18 bits per heavy atom. The maximum absolute atomic E-state index is 13.6. The first-order valence-electron chi connectivity index (χ1n) is 10.5. The minimum atomic E-state index is -0.724. The first kappa shape index (κ1) is 23.7. The topological polar surface area (TPSA) is 87.0 Å². The third kappa shape index (κ3) is 4.60. The molecular weight excluding hydrogens is 476 g/mol. The summed E-state index contributed by atoms with van der Waals surface area (Å²) in [5.74, 6) is -0.642. The first-order valence-corrected chi connectivity index (χ1v) is 11.7. The molecule has 0 spiro atoms. The molecule has 0 fully saturated rings. The van der Waals surface area contributed by atoms with E-state index in [1.807, 2.05) is 0 Å². The van der Waals surface area contributed by atoms with Crippen molar-refractivity contribution in [1.29, 1.82) is 0 Å². The molecule has 2 heterocycles. The molecule has 0 unspecified atom stereocenters. The maximum atomic E-state index is 13.6. The van der Waals surface area contributed by atoms with Gasteiger partial charge in [0, 0.05) is 17.5 Å². The van der Waals surface area contributed by atoms with Gasteiger partial charge in [-0.3, -0.25) is 14.2 Å². The van der Waals surface area contributed by atoms with Gasteiger partial charge in [-0.2, -0.15) is 0 Å². The molecule has 1 aromatic heterocycles. The number of allylic oxidation sites excluding steroid dienone is 1. The van der Waals surface area contributed by atoms with Crippen LogP contribution in [0.2, 0.25) is 5.02 Å². The molecule has 0 N–H and O–H groups in total. The number of hydrogen-bond acceptors (Lipinski definition) is 7. The Bertz CT molecular complexity index is 1480. The number of esters is 2. The number of thiazole rings is 1. The number of nitrogens with zero attached hydrogens (tertiary/aromatic N) is 2. The molecule has 2 aromatic carbocycles. The summed E-state index contributed by atoms with van der Waals surface area (Å²) in [5, 5.41) is 0.539. The SMILES string of the molecule is CCOC(=O)C1=C(C)N=c2s/c(=C\c3ccccc3OC(C)=O)c(=O)n2[C@@H]1c1ccc(Cl)cc1. The van der Waals surface area contributed by atoms with Crippen molar-refractivity contribution in [2.24, 2.45) is 4.99 Å². The van der Waals surface area contributed by atoms with Crippen LogP contribution in [-0.2, 0) is 14.3 Å². The number of benzene rings is 2. The highest BCUT2D eigenvalue weighted by molar-refractivity contribution is 7.07. The standard InChI is InChI=1S/C25H21ClN2O5S/c1-4-32-24(31)21-14(2)27-25-28(22(21)16-9-11-18(26)12-10-16)23(30)20(34-25)13-17-7-5-6-8-19(17)33-15(3)29/h5-13,22H,4H2,1-3H3/b20-13-/t22-/m1/s1. The summed E-state index contributed by atoms with van der Waals surface area (Å²) < 4.78 is 12.4. The van der Waals surface area contributed by atoms with E-state index in [4.69, 9.17) is 21.1 Å². The zero-order valence-corrected chi connectivity index (χ0v) is 20.3. The van der Waals surface area contributed by atoms with Crippen molar-refractivity contribution in [2.45, 2.75) is 26.8 Å². The number of hydrogen-bond donors (Lipinski definition) is 0. The lowest BCUT2D eigenvalue weighted by Gasteiger charge is -2.24. The summed E-state index contributed by atoms with van der Waals surface area (Å²) >= 11 is 7.27. The summed E-state index contributed by atoms with van der Waals surface area (Å²) in [7, 11) is 0. The van der Waals surface area contributed by atoms with Crippen molar-refractivity contribution in [3.05, 3.63) is 95.6 Å². The molecule has 0 saturated carbocycles. The Hall–Kier alpha value is -3.49. The first-order chi connectivity index (χ1) is 16.3. The van der Waals surface area contributed by atoms with Crippen LogP contribution in [0.25, 0.3) is 6.08 Å². The van der Waals surface area contributed by atoms with Gasteiger partial charge in [0.05, 0.1) is 28.5 Å². The van der Waals surface area contributed by atoms with Crippen molar-refractivity contribution in [1.82, 2.24) is 4.57 Å². The van der Waals surface area contributed by atoms with Crippen molar-refractivity contribution in [2.75, 3.05) is 6.61 Å². The van der Waals surface area contributed by atoms with E-state index in [1.54, 1.807) is 68.5 Å². The van der Waals surface area contributed by atoms with Crippen molar-refractivity contribution in [3.8, 4) is 5.75 Å². The number of halogens is 1. The average Bonchev–Trinajstić information content (AvgIpc) is 3.09. The van der Waals surface area contributed by atoms with Crippen LogP contribution < -0.4 is 19.6 Å². The van der Waals surface area contributed by atoms with Crippen LogP contribution in [0, 0.1) is 0 Å². The zero-order chi connectivity index (χ0) is 24.4. The van der Waals surface area contributed by atoms with Crippen molar-refractivity contribution >= 4 is 41.0 Å². The molecule has 0 bridgehead atoms. The van der Waals surface area contributed by atoms with E-state index in [2.05, 4.69) is 4.99 Å². The van der Waals surface area contributed by atoms with Crippen molar-refractivity contribution < 1.29 is 19.1 Å². The Morgan fingerprint density at radius 3 is 2.56 bits per heavy atom. The summed E-state index contributed by atoms with van der Waals surface area (Å²) in [6, 6.07) is 13.2. The quantitative estimate of drug-likeness (QED) is 0.399. The number of carbonyl (C=O) groups excluding carboxylic acids is 2. The fraction of sp³-hybridized carbons (Fsp3) is 0.200. The molecule has 1 atom stereocenters. The van der Waals surface area contributed by atoms with Gasteiger partial charge in [0.2, 0.25) is 0 Å². The highest BCUT2D eigenvalue weighted by atomic mass is 35.5. The smallest absolute Gasteiger partial charge is 0.338 e. The number of rotatable bonds is 5. The van der Waals surface area contributed by atoms with Gasteiger partial charge in [-0.05, 0) is 43.7 Å². The van der Waals surface area contributed by atoms with E-state index in [9.17, 15) is 14.4 Å². The van der Waals surface area contributed by atoms with Gasteiger partial charge in [0.15, 0.2) is 4.80 Å². The van der Waals surface area contributed by atoms with E-state index >= 15 is 0 Å². The third-order valence-electron chi connectivity index (χ3n) is 5.16. The molecule has 34 heavy (non-hydrogen) atoms. The summed E-state index contributed by atoms with van der Waals surface area (Å²) in [6.07, 6.45) is 1.66. The fourth-order valence-electron chi connectivity index (χ4n) is 3.74. The van der Waals surface area contributed by atoms with E-state index in [0.717, 1.165) is 0 Å². The fourth-order valence-corrected chi connectivity index (χ4v) is 4.90. The summed E-state index contributed by atoms with van der Waals surface area (Å²) in [4.78, 5) is 43.0. The second kappa shape index (κ2) is 9.79. The maximum Gasteiger partial charge on any atom is 0.338 e. The Balaban J connectivity index is 1.94. The monoisotopic (exact) mass is 496 g/mol. The van der Waals surface area contributed by atoms with Crippen LogP contribution in [0.3, 0.4) is 0 Å². The number of fused-ring (bicyclic) bond motifs is 1. The van der Waals surface area contributed by atoms with Gasteiger partial charge in [0.1, 0.15) is 5.75 Å². The van der Waals surface area contributed by atoms with Crippen LogP contribution in [0.15, 0.2) is 69.6 Å². The lowest BCUT2D eigenvalue weighted by Crippen LogP contribution is -2.39. The zero-order valence-electron chi connectivity index (χ0n) is 18.7. The molecule has 0 aliphatic carbocycles. The van der Waals surface area contributed by atoms with Crippen LogP contribution >= 0.6 is 22.9 Å². The highest BCUT2D eigenvalue weighted by Crippen LogP contribution is 2.31. The molecule has 174 valence electrons. The third-order valence-corrected chi connectivity index (χ3v) is 6.40. The Morgan fingerprint density at radius 2 is 1.88 bits per heavy atom. The Kier molecular flexibility index (Phi) is 6.81. The molecule has 3 aromatic rings. The molecule has 0 amide bonds. The second-order valence-electron chi connectivity index (χ2n) is 7.49. The normalized spacial score (nSPS) is 15.5. The number of para-hydroxylation sites is 1. The van der Waals surface area contributed by atoms with Gasteiger partial charge in [0.25, 0.3) is 5.56 Å². The average molecular weight is 497 g/mol.